The smallest absolute Gasteiger partial charge is 0.319 e. The molecule has 148 valence electrons. The van der Waals surface area contributed by atoms with E-state index in [0.29, 0.717) is 18.4 Å². The standard InChI is InChI=1S/C17H22N2O6S2/c1-16(12-4-6-13(7-5-12)27(3,24)25)14(20)19(15(21)18-16)10-17(8-9-17)11-26(2,22)23/h4-7H,8-11H2,1-3H3,(H,18,21)/t16-/m0/s1. The molecule has 1 N–H and O–H groups in total. The minimum absolute atomic E-state index is 0.0573. The molecule has 2 fully saturated rings. The van der Waals surface area contributed by atoms with Crippen LogP contribution in [0.2, 0.25) is 0 Å². The summed E-state index contributed by atoms with van der Waals surface area (Å²) in [5, 5.41) is 2.66. The molecule has 1 saturated carbocycles. The third-order valence-corrected chi connectivity index (χ3v) is 7.42. The Kier molecular flexibility index (Phi) is 4.43. The summed E-state index contributed by atoms with van der Waals surface area (Å²) in [6.45, 7) is 1.61. The lowest BCUT2D eigenvalue weighted by atomic mass is 9.92. The van der Waals surface area contributed by atoms with Gasteiger partial charge in [-0.3, -0.25) is 9.69 Å². The van der Waals surface area contributed by atoms with Crippen molar-refractivity contribution in [2.75, 3.05) is 24.8 Å². The largest absolute Gasteiger partial charge is 0.325 e. The Bertz CT molecular complexity index is 1010. The lowest BCUT2D eigenvalue weighted by Crippen LogP contribution is -2.42. The molecular formula is C17H22N2O6S2. The number of nitrogens with one attached hydrogen (secondary N) is 1. The highest BCUT2D eigenvalue weighted by molar-refractivity contribution is 7.91. The van der Waals surface area contributed by atoms with Crippen molar-refractivity contribution in [1.29, 1.82) is 0 Å². The van der Waals surface area contributed by atoms with Crippen LogP contribution in [0.5, 0.6) is 0 Å². The molecule has 0 radical (unpaired) electrons. The van der Waals surface area contributed by atoms with E-state index in [9.17, 15) is 26.4 Å². The van der Waals surface area contributed by atoms with Crippen molar-refractivity contribution in [3.63, 3.8) is 0 Å². The van der Waals surface area contributed by atoms with E-state index in [-0.39, 0.29) is 17.2 Å². The van der Waals surface area contributed by atoms with Gasteiger partial charge in [-0.25, -0.2) is 21.6 Å². The van der Waals surface area contributed by atoms with Crippen molar-refractivity contribution in [2.24, 2.45) is 5.41 Å². The van der Waals surface area contributed by atoms with E-state index in [1.807, 2.05) is 0 Å². The van der Waals surface area contributed by atoms with Gasteiger partial charge in [-0.15, -0.1) is 0 Å². The molecule has 1 atom stereocenters. The molecule has 2 aliphatic rings. The quantitative estimate of drug-likeness (QED) is 0.684. The lowest BCUT2D eigenvalue weighted by Gasteiger charge is -2.24. The normalized spacial score (nSPS) is 24.8. The summed E-state index contributed by atoms with van der Waals surface area (Å²) < 4.78 is 46.5. The second kappa shape index (κ2) is 6.03. The van der Waals surface area contributed by atoms with Crippen LogP contribution in [0.15, 0.2) is 29.2 Å². The van der Waals surface area contributed by atoms with Crippen molar-refractivity contribution in [1.82, 2.24) is 10.2 Å². The first-order valence-corrected chi connectivity index (χ1v) is 12.3. The second-order valence-electron chi connectivity index (χ2n) is 7.81. The van der Waals surface area contributed by atoms with Crippen LogP contribution in [0.25, 0.3) is 0 Å². The van der Waals surface area contributed by atoms with Crippen LogP contribution < -0.4 is 5.32 Å². The van der Waals surface area contributed by atoms with Gasteiger partial charge < -0.3 is 5.32 Å². The zero-order chi connectivity index (χ0) is 20.3. The van der Waals surface area contributed by atoms with Crippen LogP contribution in [0.3, 0.4) is 0 Å². The van der Waals surface area contributed by atoms with Gasteiger partial charge in [0.05, 0.1) is 10.6 Å². The highest BCUT2D eigenvalue weighted by Gasteiger charge is 2.54. The van der Waals surface area contributed by atoms with E-state index in [2.05, 4.69) is 5.32 Å². The van der Waals surface area contributed by atoms with Crippen LogP contribution in [-0.4, -0.2) is 58.5 Å². The fourth-order valence-electron chi connectivity index (χ4n) is 3.49. The number of carbonyl (C=O) groups excluding carboxylic acids is 2. The average Bonchev–Trinajstić information content (AvgIpc) is 3.23. The van der Waals surface area contributed by atoms with Crippen LogP contribution in [0.4, 0.5) is 4.79 Å². The molecule has 0 bridgehead atoms. The Morgan fingerprint density at radius 1 is 1.04 bits per heavy atom. The zero-order valence-electron chi connectivity index (χ0n) is 15.4. The Balaban J connectivity index is 1.85. The van der Waals surface area contributed by atoms with Crippen LogP contribution in [0.1, 0.15) is 25.3 Å². The third-order valence-electron chi connectivity index (χ3n) is 5.15. The average molecular weight is 415 g/mol. The number of hydrogen-bond donors (Lipinski definition) is 1. The molecule has 3 rings (SSSR count). The first kappa shape index (κ1) is 19.8. The van der Waals surface area contributed by atoms with Crippen molar-refractivity contribution in [2.45, 2.75) is 30.2 Å². The van der Waals surface area contributed by atoms with Crippen molar-refractivity contribution >= 4 is 31.6 Å². The van der Waals surface area contributed by atoms with Gasteiger partial charge in [0, 0.05) is 24.5 Å². The Morgan fingerprint density at radius 2 is 1.59 bits per heavy atom. The molecule has 1 saturated heterocycles. The number of rotatable bonds is 6. The van der Waals surface area contributed by atoms with Gasteiger partial charge in [0.25, 0.3) is 5.91 Å². The molecule has 1 heterocycles. The molecule has 0 spiro atoms. The topological polar surface area (TPSA) is 118 Å². The fourth-order valence-corrected chi connectivity index (χ4v) is 5.61. The molecule has 0 unspecified atom stereocenters. The van der Waals surface area contributed by atoms with Gasteiger partial charge in [0.2, 0.25) is 0 Å². The third kappa shape index (κ3) is 3.86. The van der Waals surface area contributed by atoms with Crippen molar-refractivity contribution in [3.05, 3.63) is 29.8 Å². The molecule has 8 nitrogen and oxygen atoms in total. The van der Waals surface area contributed by atoms with Gasteiger partial charge in [-0.1, -0.05) is 12.1 Å². The maximum atomic E-state index is 13.0. The van der Waals surface area contributed by atoms with E-state index in [4.69, 9.17) is 0 Å². The number of carbonyl (C=O) groups is 2. The van der Waals surface area contributed by atoms with E-state index < -0.39 is 42.6 Å². The van der Waals surface area contributed by atoms with Crippen LogP contribution in [-0.2, 0) is 30.0 Å². The van der Waals surface area contributed by atoms with Crippen LogP contribution >= 0.6 is 0 Å². The highest BCUT2D eigenvalue weighted by Crippen LogP contribution is 2.48. The molecule has 1 aliphatic carbocycles. The number of hydrogen-bond acceptors (Lipinski definition) is 6. The zero-order valence-corrected chi connectivity index (χ0v) is 17.0. The predicted molar refractivity (Wildman–Crippen MR) is 98.5 cm³/mol. The van der Waals surface area contributed by atoms with Crippen LogP contribution in [0, 0.1) is 5.41 Å². The monoisotopic (exact) mass is 414 g/mol. The summed E-state index contributed by atoms with van der Waals surface area (Å²) in [7, 11) is -6.59. The first-order valence-electron chi connectivity index (χ1n) is 8.38. The number of amides is 3. The Morgan fingerprint density at radius 3 is 2.04 bits per heavy atom. The maximum absolute atomic E-state index is 13.0. The SMILES string of the molecule is C[C@@]1(c2ccc(S(C)(=O)=O)cc2)NC(=O)N(CC2(CS(C)(=O)=O)CC2)C1=O. The summed E-state index contributed by atoms with van der Waals surface area (Å²) in [4.78, 5) is 26.6. The molecular weight excluding hydrogens is 392 g/mol. The molecule has 3 amide bonds. The second-order valence-corrected chi connectivity index (χ2v) is 12.0. The number of imide groups is 1. The van der Waals surface area contributed by atoms with E-state index >= 15 is 0 Å². The number of sulfone groups is 2. The number of urea groups is 1. The van der Waals surface area contributed by atoms with Gasteiger partial charge >= 0.3 is 6.03 Å². The summed E-state index contributed by atoms with van der Waals surface area (Å²) in [6, 6.07) is 5.21. The molecule has 1 aromatic rings. The van der Waals surface area contributed by atoms with Gasteiger partial charge in [-0.05, 0) is 37.5 Å². The molecule has 27 heavy (non-hydrogen) atoms. The minimum atomic E-state index is -3.37. The predicted octanol–water partition coefficient (Wildman–Crippen LogP) is 0.682. The highest BCUT2D eigenvalue weighted by atomic mass is 32.2. The molecule has 10 heteroatoms. The number of nitrogens with zero attached hydrogens (tertiary/aromatic N) is 1. The summed E-state index contributed by atoms with van der Waals surface area (Å²) >= 11 is 0. The lowest BCUT2D eigenvalue weighted by molar-refractivity contribution is -0.131. The van der Waals surface area contributed by atoms with E-state index in [1.165, 1.54) is 24.3 Å². The van der Waals surface area contributed by atoms with Crippen molar-refractivity contribution in [3.8, 4) is 0 Å². The molecule has 0 aromatic heterocycles. The summed E-state index contributed by atoms with van der Waals surface area (Å²) in [5.41, 5.74) is -1.43. The molecule has 1 aliphatic heterocycles. The van der Waals surface area contributed by atoms with Gasteiger partial charge in [0.1, 0.15) is 15.4 Å². The van der Waals surface area contributed by atoms with Gasteiger partial charge in [-0.2, -0.15) is 0 Å². The summed E-state index contributed by atoms with van der Waals surface area (Å²) in [5.74, 6) is -0.531. The van der Waals surface area contributed by atoms with E-state index in [0.717, 1.165) is 17.4 Å². The Labute approximate surface area is 158 Å². The minimum Gasteiger partial charge on any atom is -0.319 e. The molecule has 1 aromatic carbocycles. The Hall–Kier alpha value is -1.94. The van der Waals surface area contributed by atoms with Crippen molar-refractivity contribution < 1.29 is 26.4 Å². The summed E-state index contributed by atoms with van der Waals surface area (Å²) in [6.07, 6.45) is 3.53. The number of benzene rings is 1. The first-order chi connectivity index (χ1) is 12.3. The van der Waals surface area contributed by atoms with E-state index in [1.54, 1.807) is 6.92 Å². The van der Waals surface area contributed by atoms with Gasteiger partial charge in [0.15, 0.2) is 9.84 Å². The maximum Gasteiger partial charge on any atom is 0.325 e. The fraction of sp³-hybridized carbons (Fsp3) is 0.529.